The predicted octanol–water partition coefficient (Wildman–Crippen LogP) is 6.45. The number of likely N-dealkylation sites (tertiary alicyclic amines) is 1. The van der Waals surface area contributed by atoms with E-state index in [9.17, 15) is 27.9 Å². The number of alkyl halides is 3. The molecule has 1 saturated heterocycles. The maximum absolute atomic E-state index is 15.1. The van der Waals surface area contributed by atoms with Crippen LogP contribution in [0.15, 0.2) is 60.8 Å². The Balaban J connectivity index is 1.37. The Bertz CT molecular complexity index is 1680. The Kier molecular flexibility index (Phi) is 8.52. The number of hydrogen-bond donors (Lipinski definition) is 1. The number of carbonyl (C=O) groups excluding carboxylic acids is 1. The molecule has 3 heterocycles. The van der Waals surface area contributed by atoms with Crippen molar-refractivity contribution in [2.24, 2.45) is 0 Å². The molecule has 9 nitrogen and oxygen atoms in total. The number of piperidine rings is 1. The van der Waals surface area contributed by atoms with E-state index >= 15 is 8.78 Å². The molecule has 4 aromatic rings. The number of ether oxygens (including phenoxy) is 2. The molecular weight excluding hydrogens is 591 g/mol. The molecule has 1 aliphatic heterocycles. The van der Waals surface area contributed by atoms with Crippen molar-refractivity contribution >= 4 is 12.1 Å². The van der Waals surface area contributed by atoms with Gasteiger partial charge in [-0.05, 0) is 60.7 Å². The fourth-order valence-electron chi connectivity index (χ4n) is 5.12. The minimum Gasteiger partial charge on any atom is -0.488 e. The number of hydrogen-bond acceptors (Lipinski definition) is 6. The van der Waals surface area contributed by atoms with E-state index in [-0.39, 0.29) is 28.7 Å². The number of pyridine rings is 1. The fourth-order valence-corrected chi connectivity index (χ4v) is 5.12. The van der Waals surface area contributed by atoms with Gasteiger partial charge in [0, 0.05) is 18.7 Å². The number of rotatable bonds is 7. The van der Waals surface area contributed by atoms with Crippen LogP contribution in [0.3, 0.4) is 0 Å². The molecule has 0 atom stereocenters. The predicted molar refractivity (Wildman–Crippen MR) is 145 cm³/mol. The Hall–Kier alpha value is -5.01. The van der Waals surface area contributed by atoms with Crippen molar-refractivity contribution in [3.8, 4) is 22.8 Å². The first-order valence-electron chi connectivity index (χ1n) is 13.4. The highest BCUT2D eigenvalue weighted by Gasteiger charge is 2.41. The van der Waals surface area contributed by atoms with E-state index in [2.05, 4.69) is 10.1 Å². The number of amides is 1. The summed E-state index contributed by atoms with van der Waals surface area (Å²) in [7, 11) is 1.29. The normalized spacial score (nSPS) is 14.0. The summed E-state index contributed by atoms with van der Waals surface area (Å²) in [6.07, 6.45) is -3.85. The summed E-state index contributed by atoms with van der Waals surface area (Å²) in [5, 5.41) is 12.8. The van der Waals surface area contributed by atoms with Crippen molar-refractivity contribution in [1.29, 1.82) is 0 Å². The van der Waals surface area contributed by atoms with Gasteiger partial charge in [-0.3, -0.25) is 0 Å². The van der Waals surface area contributed by atoms with Crippen LogP contribution in [0.25, 0.3) is 17.1 Å². The smallest absolute Gasteiger partial charge is 0.434 e. The number of methoxy groups -OCH3 is 1. The molecule has 0 radical (unpaired) electrons. The Morgan fingerprint density at radius 1 is 1.02 bits per heavy atom. The van der Waals surface area contributed by atoms with Crippen molar-refractivity contribution < 1.29 is 46.1 Å². The summed E-state index contributed by atoms with van der Waals surface area (Å²) in [4.78, 5) is 28.9. The first-order valence-corrected chi connectivity index (χ1v) is 13.4. The van der Waals surface area contributed by atoms with Gasteiger partial charge in [0.1, 0.15) is 29.6 Å². The van der Waals surface area contributed by atoms with Crippen LogP contribution in [-0.2, 0) is 17.5 Å². The molecule has 1 amide bonds. The highest BCUT2D eigenvalue weighted by atomic mass is 19.4. The molecule has 2 aromatic heterocycles. The van der Waals surface area contributed by atoms with Crippen molar-refractivity contribution in [1.82, 2.24) is 19.7 Å². The molecule has 230 valence electrons. The Morgan fingerprint density at radius 3 is 2.34 bits per heavy atom. The summed E-state index contributed by atoms with van der Waals surface area (Å²) in [5.41, 5.74) is -1.92. The molecule has 0 unspecified atom stereocenters. The van der Waals surface area contributed by atoms with Crippen LogP contribution in [0.2, 0.25) is 0 Å². The lowest BCUT2D eigenvalue weighted by Gasteiger charge is -2.31. The average molecular weight is 617 g/mol. The van der Waals surface area contributed by atoms with E-state index in [1.165, 1.54) is 48.4 Å². The lowest BCUT2D eigenvalue weighted by Crippen LogP contribution is -2.37. The summed E-state index contributed by atoms with van der Waals surface area (Å²) >= 11 is 0. The molecule has 0 aliphatic carbocycles. The molecule has 0 spiro atoms. The van der Waals surface area contributed by atoms with Crippen molar-refractivity contribution in [2.75, 3.05) is 20.2 Å². The van der Waals surface area contributed by atoms with Gasteiger partial charge in [-0.2, -0.15) is 18.3 Å². The molecule has 1 N–H and O–H groups in total. The number of carboxylic acids is 1. The summed E-state index contributed by atoms with van der Waals surface area (Å²) in [6.45, 7) is 0.307. The number of para-hydroxylation sites is 1. The molecule has 1 aliphatic rings. The van der Waals surface area contributed by atoms with Crippen molar-refractivity contribution in [2.45, 2.75) is 31.5 Å². The minimum absolute atomic E-state index is 0.145. The lowest BCUT2D eigenvalue weighted by atomic mass is 9.89. The van der Waals surface area contributed by atoms with Crippen LogP contribution < -0.4 is 4.74 Å². The molecule has 0 bridgehead atoms. The van der Waals surface area contributed by atoms with Gasteiger partial charge in [0.15, 0.2) is 11.5 Å². The molecule has 14 heteroatoms. The highest BCUT2D eigenvalue weighted by Crippen LogP contribution is 2.35. The highest BCUT2D eigenvalue weighted by molar-refractivity contribution is 5.89. The fraction of sp³-hybridized carbons (Fsp3) is 0.267. The maximum atomic E-state index is 15.1. The lowest BCUT2D eigenvalue weighted by molar-refractivity contribution is -0.143. The van der Waals surface area contributed by atoms with Crippen LogP contribution >= 0.6 is 0 Å². The SMILES string of the molecule is COC(=O)N1CCC(c2cc(F)c(COc3ccccc3-c3cccc(-n4ncc(C(=O)O)c4C(F)(F)F)n3)c(F)c2)CC1. The largest absolute Gasteiger partial charge is 0.488 e. The number of aromatic carboxylic acids is 1. The average Bonchev–Trinajstić information content (AvgIpc) is 3.48. The van der Waals surface area contributed by atoms with E-state index in [0.29, 0.717) is 47.9 Å². The zero-order valence-corrected chi connectivity index (χ0v) is 23.1. The zero-order valence-electron chi connectivity index (χ0n) is 23.1. The van der Waals surface area contributed by atoms with E-state index in [1.54, 1.807) is 18.2 Å². The van der Waals surface area contributed by atoms with Gasteiger partial charge in [-0.25, -0.2) is 28.0 Å². The third-order valence-electron chi connectivity index (χ3n) is 7.32. The second-order valence-corrected chi connectivity index (χ2v) is 9.98. The summed E-state index contributed by atoms with van der Waals surface area (Å²) < 4.78 is 82.4. The maximum Gasteiger partial charge on any atom is 0.434 e. The Labute approximate surface area is 247 Å². The number of halogens is 5. The quantitative estimate of drug-likeness (QED) is 0.238. The molecular formula is C30H25F5N4O5. The van der Waals surface area contributed by atoms with Gasteiger partial charge in [0.05, 0.1) is 24.6 Å². The van der Waals surface area contributed by atoms with Crippen LogP contribution in [0.4, 0.5) is 26.7 Å². The minimum atomic E-state index is -5.03. The molecule has 2 aromatic carbocycles. The van der Waals surface area contributed by atoms with Gasteiger partial charge in [-0.15, -0.1) is 0 Å². The third-order valence-corrected chi connectivity index (χ3v) is 7.32. The number of nitrogens with zero attached hydrogens (tertiary/aromatic N) is 4. The van der Waals surface area contributed by atoms with E-state index in [1.807, 2.05) is 0 Å². The van der Waals surface area contributed by atoms with Crippen molar-refractivity contribution in [3.05, 3.63) is 94.8 Å². The van der Waals surface area contributed by atoms with Crippen molar-refractivity contribution in [3.63, 3.8) is 0 Å². The van der Waals surface area contributed by atoms with Gasteiger partial charge < -0.3 is 19.5 Å². The second kappa shape index (κ2) is 12.3. The number of aromatic nitrogens is 3. The topological polar surface area (TPSA) is 107 Å². The number of carboxylic acid groups (broad SMARTS) is 1. The number of benzene rings is 2. The first kappa shape index (κ1) is 30.4. The number of carbonyl (C=O) groups is 2. The van der Waals surface area contributed by atoms with Crippen LogP contribution in [0, 0.1) is 11.6 Å². The van der Waals surface area contributed by atoms with Gasteiger partial charge in [-0.1, -0.05) is 18.2 Å². The molecule has 5 rings (SSSR count). The standard InChI is InChI=1S/C30H25F5N4O5/c1-43-29(42)38-11-9-17(10-12-38)18-13-22(31)21(23(32)14-18)16-44-25-7-3-2-5-19(25)24-6-4-8-26(37-24)39-27(30(33,34)35)20(15-36-39)28(40)41/h2-8,13-15,17H,9-12,16H2,1H3,(H,40,41). The van der Waals surface area contributed by atoms with E-state index in [0.717, 1.165) is 0 Å². The summed E-state index contributed by atoms with van der Waals surface area (Å²) in [6, 6.07) is 12.9. The third kappa shape index (κ3) is 6.19. The van der Waals surface area contributed by atoms with Gasteiger partial charge in [0.2, 0.25) is 0 Å². The van der Waals surface area contributed by atoms with E-state index < -0.39 is 47.7 Å². The zero-order chi connectivity index (χ0) is 31.6. The van der Waals surface area contributed by atoms with Crippen LogP contribution in [-0.4, -0.2) is 57.0 Å². The van der Waals surface area contributed by atoms with Gasteiger partial charge in [0.25, 0.3) is 0 Å². The van der Waals surface area contributed by atoms with E-state index in [4.69, 9.17) is 9.47 Å². The molecule has 0 saturated carbocycles. The van der Waals surface area contributed by atoms with Crippen LogP contribution in [0.5, 0.6) is 5.75 Å². The monoisotopic (exact) mass is 616 g/mol. The Morgan fingerprint density at radius 2 is 1.70 bits per heavy atom. The molecule has 44 heavy (non-hydrogen) atoms. The first-order chi connectivity index (χ1) is 21.0. The molecule has 1 fully saturated rings. The summed E-state index contributed by atoms with van der Waals surface area (Å²) in [5.74, 6) is -3.70. The van der Waals surface area contributed by atoms with Gasteiger partial charge >= 0.3 is 18.2 Å². The second-order valence-electron chi connectivity index (χ2n) is 9.98. The van der Waals surface area contributed by atoms with Crippen LogP contribution in [0.1, 0.15) is 45.9 Å².